The van der Waals surface area contributed by atoms with Crippen molar-refractivity contribution in [3.05, 3.63) is 53.9 Å². The molecule has 0 spiro atoms. The molecular weight excluding hydrogens is 354 g/mol. The Labute approximate surface area is 164 Å². The highest BCUT2D eigenvalue weighted by molar-refractivity contribution is 5.79. The normalized spacial score (nSPS) is 13.1. The van der Waals surface area contributed by atoms with Gasteiger partial charge in [0, 0.05) is 26.6 Å². The third-order valence-corrected chi connectivity index (χ3v) is 4.69. The Balaban J connectivity index is 1.17. The van der Waals surface area contributed by atoms with Crippen molar-refractivity contribution in [3.63, 3.8) is 0 Å². The Morgan fingerprint density at radius 3 is 2.82 bits per heavy atom. The lowest BCUT2D eigenvalue weighted by molar-refractivity contribution is 0.174. The summed E-state index contributed by atoms with van der Waals surface area (Å²) in [4.78, 5) is 12.3. The summed E-state index contributed by atoms with van der Waals surface area (Å²) in [6.07, 6.45) is 2.76. The summed E-state index contributed by atoms with van der Waals surface area (Å²) < 4.78 is 10.8. The van der Waals surface area contributed by atoms with Crippen molar-refractivity contribution in [3.8, 4) is 11.5 Å². The lowest BCUT2D eigenvalue weighted by Crippen LogP contribution is -2.38. The van der Waals surface area contributed by atoms with Crippen LogP contribution in [0.25, 0.3) is 11.0 Å². The predicted octanol–water partition coefficient (Wildman–Crippen LogP) is 2.63. The number of aryl methyl sites for hydroxylation is 1. The smallest absolute Gasteiger partial charge is 0.231 e. The first kappa shape index (κ1) is 18.2. The van der Waals surface area contributed by atoms with Crippen molar-refractivity contribution in [2.45, 2.75) is 19.3 Å². The van der Waals surface area contributed by atoms with E-state index in [-0.39, 0.29) is 0 Å². The summed E-state index contributed by atoms with van der Waals surface area (Å²) in [5.41, 5.74) is 3.31. The van der Waals surface area contributed by atoms with Crippen molar-refractivity contribution in [2.24, 2.45) is 4.99 Å². The van der Waals surface area contributed by atoms with Crippen LogP contribution in [0.2, 0.25) is 0 Å². The zero-order chi connectivity index (χ0) is 19.2. The number of H-pyrrole nitrogens is 1. The molecule has 7 heteroatoms. The molecule has 3 aromatic rings. The number of aliphatic imine (C=N–C) groups is 1. The van der Waals surface area contributed by atoms with Crippen LogP contribution >= 0.6 is 0 Å². The number of rotatable bonds is 7. The molecule has 0 aliphatic carbocycles. The van der Waals surface area contributed by atoms with Crippen molar-refractivity contribution in [2.75, 3.05) is 26.9 Å². The monoisotopic (exact) mass is 379 g/mol. The summed E-state index contributed by atoms with van der Waals surface area (Å²) in [5.74, 6) is 3.48. The summed E-state index contributed by atoms with van der Waals surface area (Å²) in [7, 11) is 1.79. The van der Waals surface area contributed by atoms with Gasteiger partial charge in [-0.05, 0) is 42.7 Å². The molecule has 2 aromatic carbocycles. The van der Waals surface area contributed by atoms with Gasteiger partial charge in [0.2, 0.25) is 6.79 Å². The number of benzene rings is 2. The van der Waals surface area contributed by atoms with E-state index in [9.17, 15) is 0 Å². The van der Waals surface area contributed by atoms with Gasteiger partial charge in [0.05, 0.1) is 11.0 Å². The summed E-state index contributed by atoms with van der Waals surface area (Å²) >= 11 is 0. The van der Waals surface area contributed by atoms with E-state index in [1.165, 1.54) is 5.56 Å². The number of aromatic nitrogens is 2. The second-order valence-corrected chi connectivity index (χ2v) is 6.67. The molecule has 7 nitrogen and oxygen atoms in total. The Bertz CT molecular complexity index is 933. The molecule has 146 valence electrons. The Morgan fingerprint density at radius 2 is 1.93 bits per heavy atom. The minimum atomic E-state index is 0.307. The average molecular weight is 379 g/mol. The molecule has 0 atom stereocenters. The number of ether oxygens (including phenoxy) is 2. The average Bonchev–Trinajstić information content (AvgIpc) is 3.35. The van der Waals surface area contributed by atoms with E-state index in [1.807, 2.05) is 30.3 Å². The number of hydrogen-bond donors (Lipinski definition) is 3. The number of nitrogens with zero attached hydrogens (tertiary/aromatic N) is 2. The van der Waals surface area contributed by atoms with Crippen molar-refractivity contribution in [1.82, 2.24) is 20.6 Å². The van der Waals surface area contributed by atoms with Gasteiger partial charge in [-0.25, -0.2) is 4.98 Å². The molecule has 0 saturated heterocycles. The fraction of sp³-hybridized carbons (Fsp3) is 0.333. The molecule has 0 saturated carbocycles. The number of imidazole rings is 1. The zero-order valence-electron chi connectivity index (χ0n) is 16.0. The Hall–Kier alpha value is -3.22. The fourth-order valence-corrected chi connectivity index (χ4v) is 3.23. The maximum atomic E-state index is 5.42. The Kier molecular flexibility index (Phi) is 5.61. The molecular formula is C21H25N5O2. The lowest BCUT2D eigenvalue weighted by atomic mass is 10.1. The fourth-order valence-electron chi connectivity index (χ4n) is 3.23. The largest absolute Gasteiger partial charge is 0.454 e. The standard InChI is InChI=1S/C21H25N5O2/c1-22-21(24-12-10-15-8-9-18-19(13-15)28-14-27-18)23-11-4-7-20-25-16-5-2-3-6-17(16)26-20/h2-3,5-6,8-9,13H,4,7,10-12,14H2,1H3,(H,25,26)(H2,22,23,24). The van der Waals surface area contributed by atoms with E-state index < -0.39 is 0 Å². The quantitative estimate of drug-likeness (QED) is 0.334. The first-order chi connectivity index (χ1) is 13.8. The molecule has 0 unspecified atom stereocenters. The van der Waals surface area contributed by atoms with Gasteiger partial charge >= 0.3 is 0 Å². The van der Waals surface area contributed by atoms with E-state index in [0.717, 1.165) is 66.7 Å². The predicted molar refractivity (Wildman–Crippen MR) is 110 cm³/mol. The van der Waals surface area contributed by atoms with Gasteiger partial charge in [0.1, 0.15) is 5.82 Å². The van der Waals surface area contributed by atoms with Gasteiger partial charge in [-0.2, -0.15) is 0 Å². The van der Waals surface area contributed by atoms with Gasteiger partial charge in [-0.1, -0.05) is 18.2 Å². The highest BCUT2D eigenvalue weighted by atomic mass is 16.7. The van der Waals surface area contributed by atoms with E-state index >= 15 is 0 Å². The molecule has 0 fully saturated rings. The van der Waals surface area contributed by atoms with Crippen LogP contribution in [0, 0.1) is 0 Å². The third-order valence-electron chi connectivity index (χ3n) is 4.69. The summed E-state index contributed by atoms with van der Waals surface area (Å²) in [6.45, 7) is 1.94. The van der Waals surface area contributed by atoms with Crippen LogP contribution in [-0.2, 0) is 12.8 Å². The second kappa shape index (κ2) is 8.65. The van der Waals surface area contributed by atoms with Crippen LogP contribution in [-0.4, -0.2) is 42.9 Å². The molecule has 28 heavy (non-hydrogen) atoms. The molecule has 1 aliphatic rings. The van der Waals surface area contributed by atoms with Crippen LogP contribution < -0.4 is 20.1 Å². The van der Waals surface area contributed by atoms with E-state index in [4.69, 9.17) is 9.47 Å². The SMILES string of the molecule is CN=C(NCCCc1nc2ccccc2[nH]1)NCCc1ccc2c(c1)OCO2. The number of fused-ring (bicyclic) bond motifs is 2. The van der Waals surface area contributed by atoms with Gasteiger partial charge in [0.15, 0.2) is 17.5 Å². The van der Waals surface area contributed by atoms with Gasteiger partial charge in [-0.3, -0.25) is 4.99 Å². The van der Waals surface area contributed by atoms with Crippen molar-refractivity contribution >= 4 is 17.0 Å². The maximum absolute atomic E-state index is 5.42. The minimum Gasteiger partial charge on any atom is -0.454 e. The molecule has 0 radical (unpaired) electrons. The van der Waals surface area contributed by atoms with Crippen molar-refractivity contribution < 1.29 is 9.47 Å². The molecule has 4 rings (SSSR count). The molecule has 0 bridgehead atoms. The molecule has 1 aliphatic heterocycles. The zero-order valence-corrected chi connectivity index (χ0v) is 16.0. The number of guanidine groups is 1. The van der Waals surface area contributed by atoms with Crippen LogP contribution in [0.4, 0.5) is 0 Å². The van der Waals surface area contributed by atoms with Gasteiger partial charge < -0.3 is 25.1 Å². The van der Waals surface area contributed by atoms with Gasteiger partial charge in [0.25, 0.3) is 0 Å². The summed E-state index contributed by atoms with van der Waals surface area (Å²) in [6, 6.07) is 14.2. The van der Waals surface area contributed by atoms with Gasteiger partial charge in [-0.15, -0.1) is 0 Å². The first-order valence-electron chi connectivity index (χ1n) is 9.58. The topological polar surface area (TPSA) is 83.6 Å². The number of aromatic amines is 1. The van der Waals surface area contributed by atoms with Crippen molar-refractivity contribution in [1.29, 1.82) is 0 Å². The lowest BCUT2D eigenvalue weighted by Gasteiger charge is -2.11. The molecule has 2 heterocycles. The first-order valence-corrected chi connectivity index (χ1v) is 9.58. The maximum Gasteiger partial charge on any atom is 0.231 e. The highest BCUT2D eigenvalue weighted by Gasteiger charge is 2.12. The molecule has 1 aromatic heterocycles. The Morgan fingerprint density at radius 1 is 1.07 bits per heavy atom. The van der Waals surface area contributed by atoms with E-state index in [0.29, 0.717) is 6.79 Å². The van der Waals surface area contributed by atoms with Crippen LogP contribution in [0.5, 0.6) is 11.5 Å². The second-order valence-electron chi connectivity index (χ2n) is 6.67. The highest BCUT2D eigenvalue weighted by Crippen LogP contribution is 2.32. The van der Waals surface area contributed by atoms with Crippen LogP contribution in [0.1, 0.15) is 17.8 Å². The molecule has 3 N–H and O–H groups in total. The van der Waals surface area contributed by atoms with Crippen LogP contribution in [0.3, 0.4) is 0 Å². The number of nitrogens with one attached hydrogen (secondary N) is 3. The van der Waals surface area contributed by atoms with Crippen LogP contribution in [0.15, 0.2) is 47.5 Å². The summed E-state index contributed by atoms with van der Waals surface area (Å²) in [5, 5.41) is 6.70. The third kappa shape index (κ3) is 4.36. The minimum absolute atomic E-state index is 0.307. The van der Waals surface area contributed by atoms with E-state index in [2.05, 4.69) is 37.7 Å². The van der Waals surface area contributed by atoms with E-state index in [1.54, 1.807) is 7.05 Å². The number of hydrogen-bond acceptors (Lipinski definition) is 4. The molecule has 0 amide bonds. The number of para-hydroxylation sites is 2.